The smallest absolute Gasteiger partial charge is 0.328 e. The number of carboxylic acids is 2. The molecule has 0 saturated carbocycles. The van der Waals surface area contributed by atoms with E-state index in [0.717, 1.165) is 18.8 Å². The molecule has 1 aliphatic rings. The first-order valence-electron chi connectivity index (χ1n) is 8.55. The normalized spacial score (nSPS) is 13.2. The Morgan fingerprint density at radius 2 is 1.67 bits per heavy atom. The number of aliphatic carboxylic acids is 2. The summed E-state index contributed by atoms with van der Waals surface area (Å²) < 4.78 is 2.43. The van der Waals surface area contributed by atoms with Crippen LogP contribution in [0, 0.1) is 6.92 Å². The summed E-state index contributed by atoms with van der Waals surface area (Å²) in [6, 6.07) is 13.3. The fourth-order valence-electron chi connectivity index (χ4n) is 3.40. The number of carboxylic acid groups (broad SMARTS) is 2. The molecule has 1 aliphatic heterocycles. The number of benzene rings is 2. The van der Waals surface area contributed by atoms with E-state index in [0.29, 0.717) is 12.2 Å². The third-order valence-electron chi connectivity index (χ3n) is 4.52. The number of aliphatic imine (C=N–C) groups is 1. The van der Waals surface area contributed by atoms with E-state index in [9.17, 15) is 9.59 Å². The second-order valence-corrected chi connectivity index (χ2v) is 6.34. The van der Waals surface area contributed by atoms with Gasteiger partial charge < -0.3 is 14.8 Å². The number of rotatable bonds is 2. The highest BCUT2D eigenvalue weighted by molar-refractivity contribution is 6.11. The predicted octanol–water partition coefficient (Wildman–Crippen LogP) is 3.64. The van der Waals surface area contributed by atoms with Gasteiger partial charge in [0.25, 0.3) is 0 Å². The Morgan fingerprint density at radius 3 is 2.30 bits per heavy atom. The third-order valence-corrected chi connectivity index (χ3v) is 4.52. The van der Waals surface area contributed by atoms with Gasteiger partial charge in [0, 0.05) is 29.5 Å². The fourth-order valence-corrected chi connectivity index (χ4v) is 3.40. The van der Waals surface area contributed by atoms with E-state index in [1.165, 1.54) is 32.9 Å². The Bertz CT molecular complexity index is 1090. The molecule has 0 aliphatic carbocycles. The molecule has 6 heteroatoms. The SMILES string of the molecule is CC1=NCCn2c1cc1cc(C)c3ccccc3c12.O=C(O)/C=C/C(=O)O. The van der Waals surface area contributed by atoms with Gasteiger partial charge in [-0.25, -0.2) is 9.59 Å². The maximum absolute atomic E-state index is 9.55. The van der Waals surface area contributed by atoms with Crippen LogP contribution in [-0.4, -0.2) is 39.0 Å². The van der Waals surface area contributed by atoms with Crippen LogP contribution in [0.5, 0.6) is 0 Å². The predicted molar refractivity (Wildman–Crippen MR) is 106 cm³/mol. The van der Waals surface area contributed by atoms with Gasteiger partial charge in [0.2, 0.25) is 0 Å². The Kier molecular flexibility index (Phi) is 5.07. The first-order valence-corrected chi connectivity index (χ1v) is 8.55. The zero-order chi connectivity index (χ0) is 19.6. The van der Waals surface area contributed by atoms with E-state index in [1.54, 1.807) is 0 Å². The van der Waals surface area contributed by atoms with Crippen molar-refractivity contribution in [3.8, 4) is 0 Å². The molecular formula is C21H20N2O4. The third kappa shape index (κ3) is 3.74. The second-order valence-electron chi connectivity index (χ2n) is 6.34. The van der Waals surface area contributed by atoms with E-state index < -0.39 is 11.9 Å². The van der Waals surface area contributed by atoms with Crippen LogP contribution in [0.4, 0.5) is 0 Å². The van der Waals surface area contributed by atoms with E-state index in [1.807, 2.05) is 0 Å². The lowest BCUT2D eigenvalue weighted by molar-refractivity contribution is -0.134. The fraction of sp³-hybridized carbons (Fsp3) is 0.190. The van der Waals surface area contributed by atoms with Crippen molar-refractivity contribution in [3.05, 3.63) is 59.8 Å². The summed E-state index contributed by atoms with van der Waals surface area (Å²) in [5.74, 6) is -2.51. The molecular weight excluding hydrogens is 344 g/mol. The van der Waals surface area contributed by atoms with Gasteiger partial charge in [0.15, 0.2) is 0 Å². The quantitative estimate of drug-likeness (QED) is 0.679. The maximum atomic E-state index is 9.55. The largest absolute Gasteiger partial charge is 0.478 e. The highest BCUT2D eigenvalue weighted by Crippen LogP contribution is 2.32. The lowest BCUT2D eigenvalue weighted by Gasteiger charge is -2.15. The molecule has 1 aromatic heterocycles. The highest BCUT2D eigenvalue weighted by Gasteiger charge is 2.16. The van der Waals surface area contributed by atoms with Crippen molar-refractivity contribution in [2.45, 2.75) is 20.4 Å². The van der Waals surface area contributed by atoms with Crippen LogP contribution in [0.15, 0.2) is 53.5 Å². The molecule has 0 unspecified atom stereocenters. The molecule has 0 spiro atoms. The van der Waals surface area contributed by atoms with Crippen LogP contribution in [0.25, 0.3) is 21.7 Å². The standard InChI is InChI=1S/C17H16N2.C4H4O4/c1-11-9-13-10-16-12(2)18-7-8-19(16)17(13)15-6-4-3-5-14(11)15;5-3(6)1-2-4(7)8/h3-6,9-10H,7-8H2,1-2H3;1-2H,(H,5,6)(H,7,8)/b;2-1+. The summed E-state index contributed by atoms with van der Waals surface area (Å²) in [4.78, 5) is 23.7. The lowest BCUT2D eigenvalue weighted by atomic mass is 10.0. The molecule has 4 rings (SSSR count). The number of aryl methyl sites for hydroxylation is 1. The number of aromatic nitrogens is 1. The number of fused-ring (bicyclic) bond motifs is 5. The van der Waals surface area contributed by atoms with Crippen molar-refractivity contribution >= 4 is 39.3 Å². The highest BCUT2D eigenvalue weighted by atomic mass is 16.4. The molecule has 0 saturated heterocycles. The summed E-state index contributed by atoms with van der Waals surface area (Å²) in [5.41, 5.74) is 5.15. The van der Waals surface area contributed by atoms with Gasteiger partial charge in [0.05, 0.1) is 23.5 Å². The van der Waals surface area contributed by atoms with Crippen LogP contribution < -0.4 is 0 Å². The van der Waals surface area contributed by atoms with E-state index >= 15 is 0 Å². The molecule has 27 heavy (non-hydrogen) atoms. The average Bonchev–Trinajstić information content (AvgIpc) is 3.01. The summed E-state index contributed by atoms with van der Waals surface area (Å²) in [5, 5.41) is 19.7. The Balaban J connectivity index is 0.000000226. The van der Waals surface area contributed by atoms with Gasteiger partial charge in [-0.1, -0.05) is 24.3 Å². The van der Waals surface area contributed by atoms with Gasteiger partial charge in [-0.2, -0.15) is 0 Å². The number of nitrogens with zero attached hydrogens (tertiary/aromatic N) is 2. The molecule has 138 valence electrons. The molecule has 0 fully saturated rings. The summed E-state index contributed by atoms with van der Waals surface area (Å²) >= 11 is 0. The van der Waals surface area contributed by atoms with Gasteiger partial charge in [-0.15, -0.1) is 0 Å². The minimum absolute atomic E-state index is 0.558. The van der Waals surface area contributed by atoms with Gasteiger partial charge in [-0.3, -0.25) is 4.99 Å². The minimum Gasteiger partial charge on any atom is -0.478 e. The molecule has 0 bridgehead atoms. The number of hydrogen-bond acceptors (Lipinski definition) is 3. The van der Waals surface area contributed by atoms with Crippen LogP contribution in [0.1, 0.15) is 18.2 Å². The summed E-state index contributed by atoms with van der Waals surface area (Å²) in [7, 11) is 0. The Hall–Kier alpha value is -3.41. The Labute approximate surface area is 156 Å². The monoisotopic (exact) mass is 364 g/mol. The van der Waals surface area contributed by atoms with E-state index in [-0.39, 0.29) is 0 Å². The minimum atomic E-state index is -1.26. The van der Waals surface area contributed by atoms with Crippen molar-refractivity contribution in [2.75, 3.05) is 6.54 Å². The molecule has 2 aromatic carbocycles. The molecule has 6 nitrogen and oxygen atoms in total. The lowest BCUT2D eigenvalue weighted by Crippen LogP contribution is -2.15. The maximum Gasteiger partial charge on any atom is 0.328 e. The number of carbonyl (C=O) groups is 2. The molecule has 0 atom stereocenters. The van der Waals surface area contributed by atoms with Crippen LogP contribution in [0.3, 0.4) is 0 Å². The van der Waals surface area contributed by atoms with Gasteiger partial charge in [-0.05, 0) is 36.9 Å². The first kappa shape index (κ1) is 18.4. The molecule has 2 heterocycles. The van der Waals surface area contributed by atoms with Crippen LogP contribution in [0.2, 0.25) is 0 Å². The zero-order valence-electron chi connectivity index (χ0n) is 15.1. The van der Waals surface area contributed by atoms with Gasteiger partial charge >= 0.3 is 11.9 Å². The van der Waals surface area contributed by atoms with Crippen LogP contribution >= 0.6 is 0 Å². The summed E-state index contributed by atoms with van der Waals surface area (Å²) in [6.45, 7) is 6.19. The average molecular weight is 364 g/mol. The number of hydrogen-bond donors (Lipinski definition) is 2. The topological polar surface area (TPSA) is 91.9 Å². The molecule has 2 N–H and O–H groups in total. The molecule has 0 radical (unpaired) electrons. The van der Waals surface area contributed by atoms with E-state index in [4.69, 9.17) is 10.2 Å². The second kappa shape index (κ2) is 7.45. The van der Waals surface area contributed by atoms with Crippen molar-refractivity contribution in [1.29, 1.82) is 0 Å². The van der Waals surface area contributed by atoms with E-state index in [2.05, 4.69) is 59.8 Å². The molecule has 3 aromatic rings. The van der Waals surface area contributed by atoms with Crippen LogP contribution in [-0.2, 0) is 16.1 Å². The zero-order valence-corrected chi connectivity index (χ0v) is 15.1. The van der Waals surface area contributed by atoms with Crippen molar-refractivity contribution in [1.82, 2.24) is 4.57 Å². The van der Waals surface area contributed by atoms with Crippen molar-refractivity contribution < 1.29 is 19.8 Å². The van der Waals surface area contributed by atoms with Gasteiger partial charge in [0.1, 0.15) is 0 Å². The summed E-state index contributed by atoms with van der Waals surface area (Å²) in [6.07, 6.45) is 1.12. The van der Waals surface area contributed by atoms with Crippen molar-refractivity contribution in [2.24, 2.45) is 4.99 Å². The molecule has 0 amide bonds. The first-order chi connectivity index (χ1) is 12.9. The van der Waals surface area contributed by atoms with Crippen molar-refractivity contribution in [3.63, 3.8) is 0 Å². The Morgan fingerprint density at radius 1 is 1.04 bits per heavy atom.